The van der Waals surface area contributed by atoms with Crippen molar-refractivity contribution in [3.05, 3.63) is 35.9 Å². The first-order valence-corrected chi connectivity index (χ1v) is 8.39. The van der Waals surface area contributed by atoms with Crippen LogP contribution in [0.25, 0.3) is 0 Å². The molecule has 0 aromatic heterocycles. The molecule has 0 aliphatic heterocycles. The Bertz CT molecular complexity index is 427. The maximum Gasteiger partial charge on any atom is 0.410 e. The predicted molar refractivity (Wildman–Crippen MR) is 86.5 cm³/mol. The number of aliphatic hydroxyl groups excluding tert-OH is 1. The fraction of sp³-hybridized carbons (Fsp3) is 0.611. The minimum atomic E-state index is -0.246. The third kappa shape index (κ3) is 5.34. The maximum absolute atomic E-state index is 12.5. The van der Waals surface area contributed by atoms with Gasteiger partial charge in [0.2, 0.25) is 0 Å². The molecule has 0 bridgehead atoms. The van der Waals surface area contributed by atoms with Gasteiger partial charge in [-0.25, -0.2) is 4.79 Å². The molecule has 4 nitrogen and oxygen atoms in total. The molecular formula is C18H27NO3. The summed E-state index contributed by atoms with van der Waals surface area (Å²) in [5.74, 6) is 0. The summed E-state index contributed by atoms with van der Waals surface area (Å²) in [4.78, 5) is 14.3. The zero-order chi connectivity index (χ0) is 15.6. The van der Waals surface area contributed by atoms with Crippen molar-refractivity contribution in [2.45, 2.75) is 57.6 Å². The zero-order valence-electron chi connectivity index (χ0n) is 13.2. The highest BCUT2D eigenvalue weighted by atomic mass is 16.6. The summed E-state index contributed by atoms with van der Waals surface area (Å²) >= 11 is 0. The van der Waals surface area contributed by atoms with Gasteiger partial charge in [-0.1, -0.05) is 56.0 Å². The summed E-state index contributed by atoms with van der Waals surface area (Å²) < 4.78 is 5.49. The van der Waals surface area contributed by atoms with Crippen molar-refractivity contribution in [3.8, 4) is 0 Å². The molecule has 0 spiro atoms. The van der Waals surface area contributed by atoms with Crippen molar-refractivity contribution in [1.82, 2.24) is 4.90 Å². The number of carbonyl (C=O) groups excluding carboxylic acids is 1. The van der Waals surface area contributed by atoms with Crippen molar-refractivity contribution >= 4 is 6.09 Å². The van der Waals surface area contributed by atoms with Gasteiger partial charge in [-0.15, -0.1) is 0 Å². The molecule has 1 N–H and O–H groups in total. The molecule has 0 radical (unpaired) electrons. The average Bonchev–Trinajstić information content (AvgIpc) is 2.83. The lowest BCUT2D eigenvalue weighted by Crippen LogP contribution is -2.41. The van der Waals surface area contributed by atoms with Gasteiger partial charge in [-0.05, 0) is 24.8 Å². The Morgan fingerprint density at radius 2 is 1.82 bits per heavy atom. The van der Waals surface area contributed by atoms with E-state index in [9.17, 15) is 4.79 Å². The molecule has 1 amide bonds. The van der Waals surface area contributed by atoms with Crippen LogP contribution in [0.1, 0.15) is 50.5 Å². The summed E-state index contributed by atoms with van der Waals surface area (Å²) in [6.45, 7) is 0.992. The molecule has 122 valence electrons. The number of aliphatic hydroxyl groups is 1. The van der Waals surface area contributed by atoms with Gasteiger partial charge in [0.25, 0.3) is 0 Å². The van der Waals surface area contributed by atoms with E-state index in [1.165, 1.54) is 25.7 Å². The first-order chi connectivity index (χ1) is 10.8. The summed E-state index contributed by atoms with van der Waals surface area (Å²) in [5, 5.41) is 9.08. The van der Waals surface area contributed by atoms with Crippen molar-refractivity contribution < 1.29 is 14.6 Å². The van der Waals surface area contributed by atoms with E-state index in [-0.39, 0.29) is 18.7 Å². The molecule has 1 saturated carbocycles. The monoisotopic (exact) mass is 305 g/mol. The van der Waals surface area contributed by atoms with E-state index < -0.39 is 0 Å². The maximum atomic E-state index is 12.5. The average molecular weight is 305 g/mol. The molecule has 22 heavy (non-hydrogen) atoms. The molecule has 0 saturated heterocycles. The minimum Gasteiger partial charge on any atom is -0.445 e. The van der Waals surface area contributed by atoms with Gasteiger partial charge in [-0.2, -0.15) is 0 Å². The van der Waals surface area contributed by atoms with Crippen LogP contribution >= 0.6 is 0 Å². The van der Waals surface area contributed by atoms with Crippen LogP contribution in [0.5, 0.6) is 0 Å². The minimum absolute atomic E-state index is 0.106. The summed E-state index contributed by atoms with van der Waals surface area (Å²) in [7, 11) is 0. The first-order valence-electron chi connectivity index (χ1n) is 8.39. The second kappa shape index (κ2) is 9.46. The van der Waals surface area contributed by atoms with E-state index in [1.807, 2.05) is 35.2 Å². The van der Waals surface area contributed by atoms with E-state index in [4.69, 9.17) is 9.84 Å². The second-order valence-electron chi connectivity index (χ2n) is 5.96. The highest BCUT2D eigenvalue weighted by molar-refractivity contribution is 5.68. The largest absolute Gasteiger partial charge is 0.445 e. The van der Waals surface area contributed by atoms with E-state index in [1.54, 1.807) is 0 Å². The fourth-order valence-corrected chi connectivity index (χ4v) is 3.04. The number of ether oxygens (including phenoxy) is 1. The van der Waals surface area contributed by atoms with Gasteiger partial charge >= 0.3 is 6.09 Å². The third-order valence-corrected chi connectivity index (χ3v) is 4.26. The number of hydrogen-bond acceptors (Lipinski definition) is 3. The number of nitrogens with zero attached hydrogens (tertiary/aromatic N) is 1. The van der Waals surface area contributed by atoms with Crippen molar-refractivity contribution in [2.75, 3.05) is 13.2 Å². The molecule has 1 aliphatic carbocycles. The second-order valence-corrected chi connectivity index (χ2v) is 5.96. The Morgan fingerprint density at radius 3 is 2.45 bits per heavy atom. The van der Waals surface area contributed by atoms with E-state index in [0.29, 0.717) is 19.6 Å². The first kappa shape index (κ1) is 16.8. The smallest absolute Gasteiger partial charge is 0.410 e. The normalized spacial score (nSPS) is 16.0. The standard InChI is InChI=1S/C18H27NO3/c20-14-8-13-19(17-11-6-1-2-7-12-17)18(21)22-15-16-9-4-3-5-10-16/h3-5,9-10,17,20H,1-2,6-8,11-15H2. The Kier molecular flexibility index (Phi) is 7.23. The summed E-state index contributed by atoms with van der Waals surface area (Å²) in [6, 6.07) is 10.0. The van der Waals surface area contributed by atoms with Crippen molar-refractivity contribution in [3.63, 3.8) is 0 Å². The quantitative estimate of drug-likeness (QED) is 0.815. The predicted octanol–water partition coefficient (Wildman–Crippen LogP) is 3.73. The summed E-state index contributed by atoms with van der Waals surface area (Å²) in [6.07, 6.45) is 7.31. The number of benzene rings is 1. The lowest BCUT2D eigenvalue weighted by atomic mass is 10.1. The van der Waals surface area contributed by atoms with Crippen LogP contribution in [0.4, 0.5) is 4.79 Å². The number of amides is 1. The van der Waals surface area contributed by atoms with Crippen molar-refractivity contribution in [1.29, 1.82) is 0 Å². The van der Waals surface area contributed by atoms with Gasteiger partial charge in [0.1, 0.15) is 6.61 Å². The molecule has 1 aromatic carbocycles. The molecular weight excluding hydrogens is 278 g/mol. The number of carbonyl (C=O) groups is 1. The van der Waals surface area contributed by atoms with E-state index in [2.05, 4.69) is 0 Å². The molecule has 2 rings (SSSR count). The van der Waals surface area contributed by atoms with Crippen LogP contribution in [0, 0.1) is 0 Å². The number of rotatable bonds is 6. The Hall–Kier alpha value is -1.55. The van der Waals surface area contributed by atoms with Gasteiger partial charge in [0.05, 0.1) is 0 Å². The van der Waals surface area contributed by atoms with Gasteiger partial charge < -0.3 is 14.7 Å². The Labute approximate surface area is 133 Å². The highest BCUT2D eigenvalue weighted by Gasteiger charge is 2.25. The summed E-state index contributed by atoms with van der Waals surface area (Å²) in [5.41, 5.74) is 0.999. The van der Waals surface area contributed by atoms with Crippen LogP contribution in [0.3, 0.4) is 0 Å². The number of hydrogen-bond donors (Lipinski definition) is 1. The lowest BCUT2D eigenvalue weighted by molar-refractivity contribution is 0.0738. The highest BCUT2D eigenvalue weighted by Crippen LogP contribution is 2.23. The van der Waals surface area contributed by atoms with Crippen LogP contribution in [-0.4, -0.2) is 35.3 Å². The van der Waals surface area contributed by atoms with Gasteiger partial charge in [0, 0.05) is 19.2 Å². The molecule has 1 fully saturated rings. The lowest BCUT2D eigenvalue weighted by Gasteiger charge is -2.30. The van der Waals surface area contributed by atoms with Crippen LogP contribution in [-0.2, 0) is 11.3 Å². The molecule has 4 heteroatoms. The molecule has 1 aromatic rings. The van der Waals surface area contributed by atoms with Crippen LogP contribution < -0.4 is 0 Å². The van der Waals surface area contributed by atoms with Crippen molar-refractivity contribution in [2.24, 2.45) is 0 Å². The van der Waals surface area contributed by atoms with E-state index in [0.717, 1.165) is 18.4 Å². The molecule has 0 unspecified atom stereocenters. The molecule has 0 heterocycles. The van der Waals surface area contributed by atoms with E-state index >= 15 is 0 Å². The van der Waals surface area contributed by atoms with Crippen LogP contribution in [0.15, 0.2) is 30.3 Å². The SMILES string of the molecule is O=C(OCc1ccccc1)N(CCCO)C1CCCCCC1. The molecule has 1 aliphatic rings. The fourth-order valence-electron chi connectivity index (χ4n) is 3.04. The third-order valence-electron chi connectivity index (χ3n) is 4.26. The Balaban J connectivity index is 1.92. The zero-order valence-corrected chi connectivity index (χ0v) is 13.2. The Morgan fingerprint density at radius 1 is 1.14 bits per heavy atom. The molecule has 0 atom stereocenters. The van der Waals surface area contributed by atoms with Gasteiger partial charge in [0.15, 0.2) is 0 Å². The van der Waals surface area contributed by atoms with Gasteiger partial charge in [-0.3, -0.25) is 0 Å². The van der Waals surface area contributed by atoms with Crippen LogP contribution in [0.2, 0.25) is 0 Å². The topological polar surface area (TPSA) is 49.8 Å².